The highest BCUT2D eigenvalue weighted by atomic mass is 16.1. The highest BCUT2D eigenvalue weighted by Gasteiger charge is 2.34. The lowest BCUT2D eigenvalue weighted by atomic mass is 10.0. The van der Waals surface area contributed by atoms with Crippen LogP contribution in [0.5, 0.6) is 0 Å². The van der Waals surface area contributed by atoms with Crippen molar-refractivity contribution in [3.8, 4) is 0 Å². The summed E-state index contributed by atoms with van der Waals surface area (Å²) >= 11 is 0. The summed E-state index contributed by atoms with van der Waals surface area (Å²) in [6, 6.07) is 10.3. The van der Waals surface area contributed by atoms with E-state index in [1.54, 1.807) is 0 Å². The maximum absolute atomic E-state index is 12.4. The van der Waals surface area contributed by atoms with Crippen molar-refractivity contribution in [1.29, 1.82) is 0 Å². The van der Waals surface area contributed by atoms with Gasteiger partial charge in [-0.25, -0.2) is 0 Å². The number of ketones is 1. The Bertz CT molecular complexity index is 383. The first-order chi connectivity index (χ1) is 8.74. The van der Waals surface area contributed by atoms with Crippen LogP contribution < -0.4 is 0 Å². The summed E-state index contributed by atoms with van der Waals surface area (Å²) in [4.78, 5) is 14.8. The molecule has 1 aliphatic rings. The molecule has 0 N–H and O–H groups in total. The SMILES string of the molecule is CCCCN(C1CC1)C(C)C(=O)c1ccccc1. The predicted octanol–water partition coefficient (Wildman–Crippen LogP) is 3.52. The van der Waals surface area contributed by atoms with E-state index in [0.717, 1.165) is 12.1 Å². The fraction of sp³-hybridized carbons (Fsp3) is 0.562. The van der Waals surface area contributed by atoms with Gasteiger partial charge in [-0.2, -0.15) is 0 Å². The van der Waals surface area contributed by atoms with E-state index in [1.165, 1.54) is 25.7 Å². The number of benzene rings is 1. The smallest absolute Gasteiger partial charge is 0.179 e. The van der Waals surface area contributed by atoms with Crippen molar-refractivity contribution in [2.24, 2.45) is 0 Å². The molecule has 2 heteroatoms. The van der Waals surface area contributed by atoms with Crippen molar-refractivity contribution in [2.45, 2.75) is 51.6 Å². The molecule has 1 atom stereocenters. The molecule has 0 bridgehead atoms. The molecule has 1 saturated carbocycles. The van der Waals surface area contributed by atoms with Crippen molar-refractivity contribution in [3.05, 3.63) is 35.9 Å². The lowest BCUT2D eigenvalue weighted by molar-refractivity contribution is 0.0824. The Morgan fingerprint density at radius 2 is 2.00 bits per heavy atom. The van der Waals surface area contributed by atoms with Gasteiger partial charge in [-0.05, 0) is 32.7 Å². The van der Waals surface area contributed by atoms with Gasteiger partial charge in [0.2, 0.25) is 0 Å². The van der Waals surface area contributed by atoms with Gasteiger partial charge in [0.1, 0.15) is 0 Å². The van der Waals surface area contributed by atoms with Crippen LogP contribution in [0.15, 0.2) is 30.3 Å². The van der Waals surface area contributed by atoms with E-state index >= 15 is 0 Å². The molecule has 0 amide bonds. The Morgan fingerprint density at radius 1 is 1.33 bits per heavy atom. The third kappa shape index (κ3) is 3.20. The van der Waals surface area contributed by atoms with E-state index in [1.807, 2.05) is 30.3 Å². The molecule has 0 radical (unpaired) electrons. The number of unbranched alkanes of at least 4 members (excludes halogenated alkanes) is 1. The number of carbonyl (C=O) groups excluding carboxylic acids is 1. The van der Waals surface area contributed by atoms with E-state index in [-0.39, 0.29) is 11.8 Å². The Hall–Kier alpha value is -1.15. The van der Waals surface area contributed by atoms with E-state index < -0.39 is 0 Å². The zero-order chi connectivity index (χ0) is 13.0. The molecule has 0 spiro atoms. The first kappa shape index (κ1) is 13.3. The molecule has 2 nitrogen and oxygen atoms in total. The summed E-state index contributed by atoms with van der Waals surface area (Å²) in [5, 5.41) is 0. The lowest BCUT2D eigenvalue weighted by Gasteiger charge is -2.28. The summed E-state index contributed by atoms with van der Waals surface area (Å²) in [6.45, 7) is 5.32. The minimum atomic E-state index is 0.0199. The van der Waals surface area contributed by atoms with Gasteiger partial charge in [0.05, 0.1) is 6.04 Å². The zero-order valence-electron chi connectivity index (χ0n) is 11.4. The van der Waals surface area contributed by atoms with Crippen LogP contribution in [0.3, 0.4) is 0 Å². The molecule has 98 valence electrons. The quantitative estimate of drug-likeness (QED) is 0.685. The summed E-state index contributed by atoms with van der Waals surface area (Å²) < 4.78 is 0. The fourth-order valence-corrected chi connectivity index (χ4v) is 2.43. The molecular weight excluding hydrogens is 222 g/mol. The zero-order valence-corrected chi connectivity index (χ0v) is 11.4. The third-order valence-corrected chi connectivity index (χ3v) is 3.72. The van der Waals surface area contributed by atoms with Crippen molar-refractivity contribution in [3.63, 3.8) is 0 Å². The van der Waals surface area contributed by atoms with E-state index in [2.05, 4.69) is 18.7 Å². The molecule has 1 aliphatic carbocycles. The van der Waals surface area contributed by atoms with Crippen LogP contribution >= 0.6 is 0 Å². The van der Waals surface area contributed by atoms with Gasteiger partial charge in [-0.15, -0.1) is 0 Å². The minimum Gasteiger partial charge on any atom is -0.292 e. The summed E-state index contributed by atoms with van der Waals surface area (Å²) in [6.07, 6.45) is 4.89. The molecular formula is C16H23NO. The normalized spacial score (nSPS) is 16.8. The molecule has 0 aliphatic heterocycles. The molecule has 1 aromatic rings. The number of Topliss-reactive ketones (excluding diaryl/α,β-unsaturated/α-hetero) is 1. The molecule has 1 fully saturated rings. The average molecular weight is 245 g/mol. The Kier molecular flexibility index (Phi) is 4.54. The standard InChI is InChI=1S/C16H23NO/c1-3-4-12-17(15-10-11-15)13(2)16(18)14-8-6-5-7-9-14/h5-9,13,15H,3-4,10-12H2,1-2H3. The largest absolute Gasteiger partial charge is 0.292 e. The van der Waals surface area contributed by atoms with E-state index in [4.69, 9.17) is 0 Å². The van der Waals surface area contributed by atoms with Gasteiger partial charge in [-0.1, -0.05) is 43.7 Å². The third-order valence-electron chi connectivity index (χ3n) is 3.72. The average Bonchev–Trinajstić information content (AvgIpc) is 3.24. The van der Waals surface area contributed by atoms with Gasteiger partial charge in [0, 0.05) is 11.6 Å². The molecule has 1 aromatic carbocycles. The van der Waals surface area contributed by atoms with Gasteiger partial charge in [0.25, 0.3) is 0 Å². The number of rotatable bonds is 7. The Morgan fingerprint density at radius 3 is 2.56 bits per heavy atom. The summed E-state index contributed by atoms with van der Waals surface area (Å²) in [7, 11) is 0. The second kappa shape index (κ2) is 6.14. The lowest BCUT2D eigenvalue weighted by Crippen LogP contribution is -2.41. The minimum absolute atomic E-state index is 0.0199. The highest BCUT2D eigenvalue weighted by Crippen LogP contribution is 2.29. The molecule has 1 unspecified atom stereocenters. The molecule has 0 aromatic heterocycles. The summed E-state index contributed by atoms with van der Waals surface area (Å²) in [5.74, 6) is 0.263. The van der Waals surface area contributed by atoms with Gasteiger partial charge in [0.15, 0.2) is 5.78 Å². The van der Waals surface area contributed by atoms with Crippen molar-refractivity contribution in [1.82, 2.24) is 4.90 Å². The number of hydrogen-bond donors (Lipinski definition) is 0. The van der Waals surface area contributed by atoms with Crippen LogP contribution in [-0.2, 0) is 0 Å². The Labute approximate surface area is 110 Å². The second-order valence-electron chi connectivity index (χ2n) is 5.23. The fourth-order valence-electron chi connectivity index (χ4n) is 2.43. The van der Waals surface area contributed by atoms with Gasteiger partial charge < -0.3 is 0 Å². The van der Waals surface area contributed by atoms with Gasteiger partial charge >= 0.3 is 0 Å². The number of carbonyl (C=O) groups is 1. The summed E-state index contributed by atoms with van der Waals surface area (Å²) in [5.41, 5.74) is 0.840. The maximum Gasteiger partial charge on any atom is 0.179 e. The van der Waals surface area contributed by atoms with Crippen molar-refractivity contribution >= 4 is 5.78 Å². The molecule has 0 heterocycles. The van der Waals surface area contributed by atoms with Crippen LogP contribution in [0, 0.1) is 0 Å². The number of nitrogens with zero attached hydrogens (tertiary/aromatic N) is 1. The van der Waals surface area contributed by atoms with Crippen LogP contribution in [-0.4, -0.2) is 29.3 Å². The molecule has 0 saturated heterocycles. The second-order valence-corrected chi connectivity index (χ2v) is 5.23. The highest BCUT2D eigenvalue weighted by molar-refractivity contribution is 5.99. The maximum atomic E-state index is 12.4. The van der Waals surface area contributed by atoms with Crippen LogP contribution in [0.2, 0.25) is 0 Å². The first-order valence-corrected chi connectivity index (χ1v) is 7.09. The first-order valence-electron chi connectivity index (χ1n) is 7.09. The monoisotopic (exact) mass is 245 g/mol. The van der Waals surface area contributed by atoms with Gasteiger partial charge in [-0.3, -0.25) is 9.69 Å². The van der Waals surface area contributed by atoms with Crippen LogP contribution in [0.25, 0.3) is 0 Å². The van der Waals surface area contributed by atoms with Crippen molar-refractivity contribution < 1.29 is 4.79 Å². The Balaban J connectivity index is 2.03. The molecule has 2 rings (SSSR count). The predicted molar refractivity (Wildman–Crippen MR) is 74.9 cm³/mol. The van der Waals surface area contributed by atoms with E-state index in [9.17, 15) is 4.79 Å². The van der Waals surface area contributed by atoms with E-state index in [0.29, 0.717) is 6.04 Å². The van der Waals surface area contributed by atoms with Crippen LogP contribution in [0.1, 0.15) is 49.9 Å². The molecule has 18 heavy (non-hydrogen) atoms. The van der Waals surface area contributed by atoms with Crippen LogP contribution in [0.4, 0.5) is 0 Å². The number of hydrogen-bond acceptors (Lipinski definition) is 2. The van der Waals surface area contributed by atoms with Crippen molar-refractivity contribution in [2.75, 3.05) is 6.54 Å². The topological polar surface area (TPSA) is 20.3 Å².